The van der Waals surface area contributed by atoms with E-state index in [0.29, 0.717) is 23.3 Å². The fourth-order valence-electron chi connectivity index (χ4n) is 1.90. The number of aryl methyl sites for hydroxylation is 1. The molecule has 3 rings (SSSR count). The molecule has 0 bridgehead atoms. The van der Waals surface area contributed by atoms with Gasteiger partial charge in [-0.25, -0.2) is 19.9 Å². The monoisotopic (exact) mass is 267 g/mol. The molecule has 2 aromatic heterocycles. The lowest BCUT2D eigenvalue weighted by molar-refractivity contribution is 0.396. The van der Waals surface area contributed by atoms with Crippen molar-refractivity contribution < 1.29 is 4.74 Å². The van der Waals surface area contributed by atoms with Gasteiger partial charge >= 0.3 is 0 Å². The Bertz CT molecular complexity index is 742. The van der Waals surface area contributed by atoms with Crippen LogP contribution in [0.3, 0.4) is 0 Å². The molecular formula is C14H13N5O. The molecule has 0 aliphatic carbocycles. The Labute approximate surface area is 115 Å². The quantitative estimate of drug-likeness (QED) is 0.786. The summed E-state index contributed by atoms with van der Waals surface area (Å²) < 4.78 is 4.98. The number of ether oxygens (including phenoxy) is 1. The van der Waals surface area contributed by atoms with Gasteiger partial charge in [0.05, 0.1) is 25.0 Å². The van der Waals surface area contributed by atoms with Gasteiger partial charge in [0, 0.05) is 5.39 Å². The Morgan fingerprint density at radius 2 is 1.90 bits per heavy atom. The standard InChI is InChI=1S/C14H13N5O/c1-9-17-11-6-4-3-5-10(11)14(18-9)19-12-7-16-13(20-2)8-15-12/h3-8H,1-2H3,(H,15,17,18,19). The number of aromatic nitrogens is 4. The summed E-state index contributed by atoms with van der Waals surface area (Å²) in [5.74, 6) is 2.49. The number of nitrogens with one attached hydrogen (secondary N) is 1. The van der Waals surface area contributed by atoms with Gasteiger partial charge in [-0.2, -0.15) is 0 Å². The van der Waals surface area contributed by atoms with Gasteiger partial charge in [0.25, 0.3) is 0 Å². The highest BCUT2D eigenvalue weighted by Gasteiger charge is 2.06. The van der Waals surface area contributed by atoms with E-state index in [0.717, 1.165) is 10.9 Å². The van der Waals surface area contributed by atoms with E-state index in [9.17, 15) is 0 Å². The molecule has 3 aromatic rings. The molecule has 2 heterocycles. The van der Waals surface area contributed by atoms with Crippen LogP contribution in [0.1, 0.15) is 5.82 Å². The minimum absolute atomic E-state index is 0.472. The molecule has 0 fully saturated rings. The van der Waals surface area contributed by atoms with Crippen molar-refractivity contribution in [2.45, 2.75) is 6.92 Å². The van der Waals surface area contributed by atoms with E-state index in [1.165, 1.54) is 0 Å². The topological polar surface area (TPSA) is 72.8 Å². The van der Waals surface area contributed by atoms with Crippen molar-refractivity contribution in [3.8, 4) is 5.88 Å². The molecule has 0 spiro atoms. The van der Waals surface area contributed by atoms with Crippen LogP contribution in [0.5, 0.6) is 5.88 Å². The predicted octanol–water partition coefficient (Wildman–Crippen LogP) is 2.48. The predicted molar refractivity (Wildman–Crippen MR) is 76.1 cm³/mol. The zero-order chi connectivity index (χ0) is 13.9. The van der Waals surface area contributed by atoms with Crippen molar-refractivity contribution in [3.63, 3.8) is 0 Å². The van der Waals surface area contributed by atoms with E-state index < -0.39 is 0 Å². The number of methoxy groups -OCH3 is 1. The fourth-order valence-corrected chi connectivity index (χ4v) is 1.90. The first-order chi connectivity index (χ1) is 9.76. The maximum absolute atomic E-state index is 4.98. The minimum Gasteiger partial charge on any atom is -0.480 e. The minimum atomic E-state index is 0.472. The van der Waals surface area contributed by atoms with E-state index in [-0.39, 0.29) is 0 Å². The first-order valence-electron chi connectivity index (χ1n) is 6.13. The van der Waals surface area contributed by atoms with Crippen LogP contribution in [-0.2, 0) is 0 Å². The first kappa shape index (κ1) is 12.3. The second-order valence-corrected chi connectivity index (χ2v) is 4.21. The Morgan fingerprint density at radius 3 is 2.65 bits per heavy atom. The third-order valence-electron chi connectivity index (χ3n) is 2.80. The van der Waals surface area contributed by atoms with Gasteiger partial charge < -0.3 is 10.1 Å². The smallest absolute Gasteiger partial charge is 0.232 e. The second-order valence-electron chi connectivity index (χ2n) is 4.21. The molecule has 0 radical (unpaired) electrons. The maximum atomic E-state index is 4.98. The lowest BCUT2D eigenvalue weighted by Gasteiger charge is -2.08. The molecule has 100 valence electrons. The van der Waals surface area contributed by atoms with Crippen LogP contribution in [0.2, 0.25) is 0 Å². The van der Waals surface area contributed by atoms with E-state index in [2.05, 4.69) is 25.3 Å². The summed E-state index contributed by atoms with van der Waals surface area (Å²) in [7, 11) is 1.55. The summed E-state index contributed by atoms with van der Waals surface area (Å²) in [6.07, 6.45) is 3.16. The number of nitrogens with zero attached hydrogens (tertiary/aromatic N) is 4. The molecule has 0 saturated carbocycles. The van der Waals surface area contributed by atoms with Crippen molar-refractivity contribution in [2.24, 2.45) is 0 Å². The number of para-hydroxylation sites is 1. The van der Waals surface area contributed by atoms with Gasteiger partial charge in [0.15, 0.2) is 0 Å². The zero-order valence-electron chi connectivity index (χ0n) is 11.2. The Kier molecular flexibility index (Phi) is 3.12. The van der Waals surface area contributed by atoms with Crippen LogP contribution in [-0.4, -0.2) is 27.0 Å². The van der Waals surface area contributed by atoms with Crippen molar-refractivity contribution >= 4 is 22.5 Å². The number of hydrogen-bond donors (Lipinski definition) is 1. The molecule has 0 saturated heterocycles. The van der Waals surface area contributed by atoms with Gasteiger partial charge in [-0.05, 0) is 19.1 Å². The number of hydrogen-bond acceptors (Lipinski definition) is 6. The van der Waals surface area contributed by atoms with Crippen molar-refractivity contribution in [1.82, 2.24) is 19.9 Å². The average Bonchev–Trinajstić information content (AvgIpc) is 2.48. The van der Waals surface area contributed by atoms with E-state index in [4.69, 9.17) is 4.74 Å². The van der Waals surface area contributed by atoms with Crippen LogP contribution in [0.4, 0.5) is 11.6 Å². The normalized spacial score (nSPS) is 10.5. The number of rotatable bonds is 3. The van der Waals surface area contributed by atoms with E-state index in [1.54, 1.807) is 19.5 Å². The largest absolute Gasteiger partial charge is 0.480 e. The van der Waals surface area contributed by atoms with Crippen LogP contribution in [0.25, 0.3) is 10.9 Å². The Balaban J connectivity index is 2.01. The molecule has 20 heavy (non-hydrogen) atoms. The van der Waals surface area contributed by atoms with E-state index >= 15 is 0 Å². The van der Waals surface area contributed by atoms with Gasteiger partial charge in [0.1, 0.15) is 17.5 Å². The zero-order valence-corrected chi connectivity index (χ0v) is 11.2. The van der Waals surface area contributed by atoms with Crippen LogP contribution in [0.15, 0.2) is 36.7 Å². The highest BCUT2D eigenvalue weighted by Crippen LogP contribution is 2.22. The molecule has 0 aliphatic heterocycles. The lowest BCUT2D eigenvalue weighted by atomic mass is 10.2. The summed E-state index contributed by atoms with van der Waals surface area (Å²) in [4.78, 5) is 17.1. The highest BCUT2D eigenvalue weighted by atomic mass is 16.5. The summed E-state index contributed by atoms with van der Waals surface area (Å²) in [6, 6.07) is 7.82. The molecule has 1 aromatic carbocycles. The van der Waals surface area contributed by atoms with Gasteiger partial charge in [-0.3, -0.25) is 0 Å². The first-order valence-corrected chi connectivity index (χ1v) is 6.13. The molecular weight excluding hydrogens is 254 g/mol. The van der Waals surface area contributed by atoms with Crippen LogP contribution >= 0.6 is 0 Å². The van der Waals surface area contributed by atoms with Gasteiger partial charge in [0.2, 0.25) is 5.88 Å². The highest BCUT2D eigenvalue weighted by molar-refractivity contribution is 5.90. The van der Waals surface area contributed by atoms with Gasteiger partial charge in [-0.1, -0.05) is 12.1 Å². The van der Waals surface area contributed by atoms with E-state index in [1.807, 2.05) is 31.2 Å². The Hall–Kier alpha value is -2.76. The number of benzene rings is 1. The molecule has 0 atom stereocenters. The van der Waals surface area contributed by atoms with Crippen molar-refractivity contribution in [2.75, 3.05) is 12.4 Å². The second kappa shape index (κ2) is 5.08. The summed E-state index contributed by atoms with van der Waals surface area (Å²) in [6.45, 7) is 1.86. The molecule has 0 unspecified atom stereocenters. The fraction of sp³-hybridized carbons (Fsp3) is 0.143. The maximum Gasteiger partial charge on any atom is 0.232 e. The van der Waals surface area contributed by atoms with Crippen LogP contribution < -0.4 is 10.1 Å². The summed E-state index contributed by atoms with van der Waals surface area (Å²) in [5.41, 5.74) is 0.893. The SMILES string of the molecule is COc1cnc(Nc2nc(C)nc3ccccc23)cn1. The average molecular weight is 267 g/mol. The third kappa shape index (κ3) is 2.35. The number of anilines is 2. The molecule has 0 aliphatic rings. The summed E-state index contributed by atoms with van der Waals surface area (Å²) in [5, 5.41) is 4.10. The number of fused-ring (bicyclic) bond motifs is 1. The molecule has 6 nitrogen and oxygen atoms in total. The molecule has 0 amide bonds. The van der Waals surface area contributed by atoms with Gasteiger partial charge in [-0.15, -0.1) is 0 Å². The third-order valence-corrected chi connectivity index (χ3v) is 2.80. The molecule has 1 N–H and O–H groups in total. The van der Waals surface area contributed by atoms with Crippen molar-refractivity contribution in [3.05, 3.63) is 42.5 Å². The summed E-state index contributed by atoms with van der Waals surface area (Å²) >= 11 is 0. The van der Waals surface area contributed by atoms with Crippen LogP contribution in [0, 0.1) is 6.92 Å². The lowest BCUT2D eigenvalue weighted by Crippen LogP contribution is -2.01. The Morgan fingerprint density at radius 1 is 1.05 bits per heavy atom. The van der Waals surface area contributed by atoms with Crippen molar-refractivity contribution in [1.29, 1.82) is 0 Å². The molecule has 6 heteroatoms.